The SMILES string of the molecule is C1CC1.CC(F)(F)c1ccccc1. The van der Waals surface area contributed by atoms with Crippen LogP contribution in [0.25, 0.3) is 0 Å². The maximum absolute atomic E-state index is 12.5. The molecular weight excluding hydrogens is 170 g/mol. The second kappa shape index (κ2) is 4.35. The summed E-state index contributed by atoms with van der Waals surface area (Å²) < 4.78 is 24.9. The zero-order valence-electron chi connectivity index (χ0n) is 7.76. The molecule has 0 aliphatic heterocycles. The van der Waals surface area contributed by atoms with Crippen LogP contribution in [0.2, 0.25) is 0 Å². The van der Waals surface area contributed by atoms with Gasteiger partial charge in [-0.25, -0.2) is 8.78 Å². The first-order valence-corrected chi connectivity index (χ1v) is 4.54. The summed E-state index contributed by atoms with van der Waals surface area (Å²) in [5.41, 5.74) is 0.0648. The lowest BCUT2D eigenvalue weighted by Gasteiger charge is -2.08. The van der Waals surface area contributed by atoms with Crippen LogP contribution in [0.4, 0.5) is 8.78 Å². The van der Waals surface area contributed by atoms with E-state index < -0.39 is 5.92 Å². The third-order valence-electron chi connectivity index (χ3n) is 1.63. The van der Waals surface area contributed by atoms with Crippen molar-refractivity contribution in [1.29, 1.82) is 0 Å². The van der Waals surface area contributed by atoms with Gasteiger partial charge in [0.05, 0.1) is 0 Å². The minimum atomic E-state index is -2.71. The van der Waals surface area contributed by atoms with Gasteiger partial charge < -0.3 is 0 Å². The van der Waals surface area contributed by atoms with E-state index in [4.69, 9.17) is 0 Å². The Bertz CT molecular complexity index is 231. The minimum absolute atomic E-state index is 0.0648. The normalized spacial score (nSPS) is 14.4. The highest BCUT2D eigenvalue weighted by atomic mass is 19.3. The lowest BCUT2D eigenvalue weighted by molar-refractivity contribution is 0.0175. The Morgan fingerprint density at radius 2 is 1.46 bits per heavy atom. The summed E-state index contributed by atoms with van der Waals surface area (Å²) in [5, 5.41) is 0. The fourth-order valence-corrected chi connectivity index (χ4v) is 0.731. The van der Waals surface area contributed by atoms with E-state index in [0.717, 1.165) is 6.92 Å². The molecule has 0 bridgehead atoms. The van der Waals surface area contributed by atoms with E-state index in [1.165, 1.54) is 31.4 Å². The minimum Gasteiger partial charge on any atom is -0.202 e. The molecule has 1 saturated carbocycles. The fourth-order valence-electron chi connectivity index (χ4n) is 0.731. The molecule has 0 aromatic heterocycles. The molecule has 0 heterocycles. The van der Waals surface area contributed by atoms with E-state index in [2.05, 4.69) is 0 Å². The molecule has 2 rings (SSSR count). The molecule has 1 aromatic carbocycles. The third-order valence-corrected chi connectivity index (χ3v) is 1.63. The van der Waals surface area contributed by atoms with Gasteiger partial charge in [-0.3, -0.25) is 0 Å². The molecule has 2 heteroatoms. The molecule has 72 valence electrons. The van der Waals surface area contributed by atoms with Gasteiger partial charge >= 0.3 is 0 Å². The second-order valence-electron chi connectivity index (χ2n) is 3.32. The topological polar surface area (TPSA) is 0 Å². The molecule has 0 saturated heterocycles. The zero-order chi connectivity index (χ0) is 9.73. The molecule has 0 spiro atoms. The van der Waals surface area contributed by atoms with Crippen LogP contribution >= 0.6 is 0 Å². The van der Waals surface area contributed by atoms with Gasteiger partial charge in [0, 0.05) is 12.5 Å². The molecule has 0 radical (unpaired) electrons. The first kappa shape index (κ1) is 10.2. The van der Waals surface area contributed by atoms with Gasteiger partial charge in [0.1, 0.15) is 0 Å². The van der Waals surface area contributed by atoms with E-state index in [0.29, 0.717) is 0 Å². The summed E-state index contributed by atoms with van der Waals surface area (Å²) in [4.78, 5) is 0. The summed E-state index contributed by atoms with van der Waals surface area (Å²) in [6.07, 6.45) is 4.50. The van der Waals surface area contributed by atoms with Crippen molar-refractivity contribution in [3.63, 3.8) is 0 Å². The summed E-state index contributed by atoms with van der Waals surface area (Å²) in [7, 11) is 0. The molecule has 1 aliphatic rings. The number of rotatable bonds is 1. The first-order valence-electron chi connectivity index (χ1n) is 4.54. The van der Waals surface area contributed by atoms with Crippen LogP contribution in [0.15, 0.2) is 30.3 Å². The van der Waals surface area contributed by atoms with Gasteiger partial charge in [0.15, 0.2) is 0 Å². The van der Waals surface area contributed by atoms with E-state index >= 15 is 0 Å². The Kier molecular flexibility index (Phi) is 3.40. The largest absolute Gasteiger partial charge is 0.270 e. The molecule has 0 amide bonds. The quantitative estimate of drug-likeness (QED) is 0.619. The Hall–Kier alpha value is -0.920. The maximum Gasteiger partial charge on any atom is 0.270 e. The smallest absolute Gasteiger partial charge is 0.202 e. The molecule has 0 N–H and O–H groups in total. The number of hydrogen-bond donors (Lipinski definition) is 0. The van der Waals surface area contributed by atoms with E-state index in [1.54, 1.807) is 18.2 Å². The van der Waals surface area contributed by atoms with Crippen LogP contribution in [0.5, 0.6) is 0 Å². The number of halogens is 2. The van der Waals surface area contributed by atoms with Crippen LogP contribution in [-0.2, 0) is 5.92 Å². The maximum atomic E-state index is 12.5. The van der Waals surface area contributed by atoms with Crippen molar-refractivity contribution in [2.24, 2.45) is 0 Å². The molecule has 1 aliphatic carbocycles. The van der Waals surface area contributed by atoms with Crippen molar-refractivity contribution in [1.82, 2.24) is 0 Å². The van der Waals surface area contributed by atoms with Crippen molar-refractivity contribution >= 4 is 0 Å². The molecular formula is C11H14F2. The van der Waals surface area contributed by atoms with Crippen LogP contribution < -0.4 is 0 Å². The predicted octanol–water partition coefficient (Wildman–Crippen LogP) is 3.97. The molecule has 0 atom stereocenters. The molecule has 1 aromatic rings. The number of alkyl halides is 2. The summed E-state index contributed by atoms with van der Waals surface area (Å²) in [6.45, 7) is 0.891. The van der Waals surface area contributed by atoms with Crippen molar-refractivity contribution in [2.75, 3.05) is 0 Å². The molecule has 0 unspecified atom stereocenters. The predicted molar refractivity (Wildman–Crippen MR) is 49.9 cm³/mol. The summed E-state index contributed by atoms with van der Waals surface area (Å²) in [6, 6.07) is 7.76. The highest BCUT2D eigenvalue weighted by Crippen LogP contribution is 2.25. The highest BCUT2D eigenvalue weighted by molar-refractivity contribution is 5.18. The third kappa shape index (κ3) is 4.61. The van der Waals surface area contributed by atoms with Gasteiger partial charge in [-0.15, -0.1) is 0 Å². The van der Waals surface area contributed by atoms with Gasteiger partial charge in [-0.1, -0.05) is 49.6 Å². The monoisotopic (exact) mass is 184 g/mol. The average Bonchev–Trinajstić information content (AvgIpc) is 2.90. The highest BCUT2D eigenvalue weighted by Gasteiger charge is 2.22. The van der Waals surface area contributed by atoms with Gasteiger partial charge in [-0.05, 0) is 0 Å². The molecule has 13 heavy (non-hydrogen) atoms. The van der Waals surface area contributed by atoms with Crippen LogP contribution in [0, 0.1) is 0 Å². The van der Waals surface area contributed by atoms with Gasteiger partial charge in [0.2, 0.25) is 0 Å². The number of hydrogen-bond acceptors (Lipinski definition) is 0. The van der Waals surface area contributed by atoms with Crippen molar-refractivity contribution in [2.45, 2.75) is 32.1 Å². The molecule has 0 nitrogen and oxygen atoms in total. The fraction of sp³-hybridized carbons (Fsp3) is 0.455. The first-order chi connectivity index (χ1) is 6.11. The van der Waals surface area contributed by atoms with E-state index in [1.807, 2.05) is 0 Å². The lowest BCUT2D eigenvalue weighted by Crippen LogP contribution is -2.05. The Morgan fingerprint density at radius 1 is 1.00 bits per heavy atom. The van der Waals surface area contributed by atoms with Crippen LogP contribution in [0.3, 0.4) is 0 Å². The van der Waals surface area contributed by atoms with E-state index in [9.17, 15) is 8.78 Å². The number of benzene rings is 1. The Balaban J connectivity index is 0.000000236. The zero-order valence-corrected chi connectivity index (χ0v) is 7.76. The standard InChI is InChI=1S/C8H8F2.C3H6/c1-8(9,10)7-5-3-2-4-6-7;1-2-3-1/h2-6H,1H3;1-3H2. The van der Waals surface area contributed by atoms with Crippen molar-refractivity contribution in [3.8, 4) is 0 Å². The molecule has 1 fully saturated rings. The lowest BCUT2D eigenvalue weighted by atomic mass is 10.1. The van der Waals surface area contributed by atoms with Crippen molar-refractivity contribution in [3.05, 3.63) is 35.9 Å². The van der Waals surface area contributed by atoms with Gasteiger partial charge in [0.25, 0.3) is 5.92 Å². The Labute approximate surface area is 77.6 Å². The van der Waals surface area contributed by atoms with Crippen LogP contribution in [0.1, 0.15) is 31.7 Å². The average molecular weight is 184 g/mol. The van der Waals surface area contributed by atoms with Crippen LogP contribution in [-0.4, -0.2) is 0 Å². The summed E-state index contributed by atoms with van der Waals surface area (Å²) >= 11 is 0. The summed E-state index contributed by atoms with van der Waals surface area (Å²) in [5.74, 6) is -2.71. The van der Waals surface area contributed by atoms with E-state index in [-0.39, 0.29) is 5.56 Å². The second-order valence-corrected chi connectivity index (χ2v) is 3.32. The van der Waals surface area contributed by atoms with Crippen molar-refractivity contribution < 1.29 is 8.78 Å². The van der Waals surface area contributed by atoms with Gasteiger partial charge in [-0.2, -0.15) is 0 Å². The Morgan fingerprint density at radius 3 is 1.69 bits per heavy atom.